The number of aromatic nitrogens is 2. The lowest BCUT2D eigenvalue weighted by Crippen LogP contribution is -2.14. The summed E-state index contributed by atoms with van der Waals surface area (Å²) in [6.45, 7) is -0.237. The SMILES string of the molecule is O=C(CCc1nc2ccccc2s1)OCC(=O)c1ccc[nH]1. The van der Waals surface area contributed by atoms with Gasteiger partial charge >= 0.3 is 5.97 Å². The first kappa shape index (κ1) is 14.5. The number of aromatic amines is 1. The van der Waals surface area contributed by atoms with Gasteiger partial charge in [-0.3, -0.25) is 9.59 Å². The van der Waals surface area contributed by atoms with Gasteiger partial charge in [-0.1, -0.05) is 12.1 Å². The molecule has 0 radical (unpaired) electrons. The van der Waals surface area contributed by atoms with E-state index in [0.717, 1.165) is 15.2 Å². The average molecular weight is 314 g/mol. The molecule has 2 heterocycles. The maximum atomic E-state index is 11.7. The zero-order valence-electron chi connectivity index (χ0n) is 11.7. The highest BCUT2D eigenvalue weighted by Gasteiger charge is 2.11. The van der Waals surface area contributed by atoms with E-state index in [0.29, 0.717) is 12.1 Å². The van der Waals surface area contributed by atoms with Crippen molar-refractivity contribution in [3.05, 3.63) is 53.3 Å². The number of hydrogen-bond donors (Lipinski definition) is 1. The van der Waals surface area contributed by atoms with Gasteiger partial charge in [0.2, 0.25) is 5.78 Å². The highest BCUT2D eigenvalue weighted by atomic mass is 32.1. The number of Topliss-reactive ketones (excluding diaryl/α,β-unsaturated/α-hetero) is 1. The predicted molar refractivity (Wildman–Crippen MR) is 84.0 cm³/mol. The second-order valence-corrected chi connectivity index (χ2v) is 5.86. The molecule has 5 nitrogen and oxygen atoms in total. The highest BCUT2D eigenvalue weighted by Crippen LogP contribution is 2.22. The first-order chi connectivity index (χ1) is 10.7. The first-order valence-corrected chi connectivity index (χ1v) is 7.71. The third kappa shape index (κ3) is 3.40. The van der Waals surface area contributed by atoms with Gasteiger partial charge in [0.15, 0.2) is 6.61 Å². The van der Waals surface area contributed by atoms with Crippen LogP contribution in [0.1, 0.15) is 21.9 Å². The summed E-state index contributed by atoms with van der Waals surface area (Å²) in [6.07, 6.45) is 2.40. The number of nitrogens with one attached hydrogen (secondary N) is 1. The van der Waals surface area contributed by atoms with Crippen LogP contribution in [-0.4, -0.2) is 28.3 Å². The van der Waals surface area contributed by atoms with E-state index in [1.165, 1.54) is 0 Å². The van der Waals surface area contributed by atoms with E-state index < -0.39 is 0 Å². The van der Waals surface area contributed by atoms with Crippen LogP contribution < -0.4 is 0 Å². The molecule has 0 saturated heterocycles. The molecule has 0 aliphatic heterocycles. The van der Waals surface area contributed by atoms with Crippen LogP contribution in [-0.2, 0) is 16.0 Å². The number of para-hydroxylation sites is 1. The number of ketones is 1. The van der Waals surface area contributed by atoms with E-state index in [-0.39, 0.29) is 24.8 Å². The minimum Gasteiger partial charge on any atom is -0.457 e. The van der Waals surface area contributed by atoms with Crippen molar-refractivity contribution in [1.29, 1.82) is 0 Å². The zero-order valence-corrected chi connectivity index (χ0v) is 12.6. The average Bonchev–Trinajstić information content (AvgIpc) is 3.19. The fourth-order valence-electron chi connectivity index (χ4n) is 2.04. The number of carbonyl (C=O) groups is 2. The van der Waals surface area contributed by atoms with E-state index in [1.807, 2.05) is 24.3 Å². The normalized spacial score (nSPS) is 10.7. The smallest absolute Gasteiger partial charge is 0.306 e. The molecular formula is C16H14N2O3S. The van der Waals surface area contributed by atoms with Gasteiger partial charge in [0.1, 0.15) is 0 Å². The van der Waals surface area contributed by atoms with Gasteiger partial charge < -0.3 is 9.72 Å². The number of ether oxygens (including phenoxy) is 1. The summed E-state index contributed by atoms with van der Waals surface area (Å²) < 4.78 is 6.10. The predicted octanol–water partition coefficient (Wildman–Crippen LogP) is 2.98. The number of benzene rings is 1. The number of aryl methyl sites for hydroxylation is 1. The molecule has 2 aromatic heterocycles. The Morgan fingerprint density at radius 1 is 1.18 bits per heavy atom. The molecule has 0 amide bonds. The van der Waals surface area contributed by atoms with E-state index in [9.17, 15) is 9.59 Å². The van der Waals surface area contributed by atoms with Crippen molar-refractivity contribution in [3.63, 3.8) is 0 Å². The van der Waals surface area contributed by atoms with Crippen molar-refractivity contribution >= 4 is 33.3 Å². The van der Waals surface area contributed by atoms with Crippen LogP contribution >= 0.6 is 11.3 Å². The van der Waals surface area contributed by atoms with Crippen LogP contribution in [0.25, 0.3) is 10.2 Å². The Morgan fingerprint density at radius 3 is 2.82 bits per heavy atom. The molecule has 22 heavy (non-hydrogen) atoms. The molecule has 3 rings (SSSR count). The van der Waals surface area contributed by atoms with E-state index >= 15 is 0 Å². The van der Waals surface area contributed by atoms with Crippen LogP contribution in [0.3, 0.4) is 0 Å². The summed E-state index contributed by atoms with van der Waals surface area (Å²) in [5, 5.41) is 0.897. The first-order valence-electron chi connectivity index (χ1n) is 6.89. The van der Waals surface area contributed by atoms with Gasteiger partial charge in [0.05, 0.1) is 27.3 Å². The molecule has 0 bridgehead atoms. The monoisotopic (exact) mass is 314 g/mol. The van der Waals surface area contributed by atoms with Crippen LogP contribution in [0.4, 0.5) is 0 Å². The van der Waals surface area contributed by atoms with Crippen LogP contribution in [0, 0.1) is 0 Å². The molecule has 1 aromatic carbocycles. The highest BCUT2D eigenvalue weighted by molar-refractivity contribution is 7.18. The van der Waals surface area contributed by atoms with Crippen molar-refractivity contribution in [2.24, 2.45) is 0 Å². The lowest BCUT2D eigenvalue weighted by molar-refractivity contribution is -0.142. The minimum atomic E-state index is -0.390. The number of thiazole rings is 1. The standard InChI is InChI=1S/C16H14N2O3S/c19-13(11-5-3-9-17-11)10-21-16(20)8-7-15-18-12-4-1-2-6-14(12)22-15/h1-6,9,17H,7-8,10H2. The van der Waals surface area contributed by atoms with Crippen LogP contribution in [0.2, 0.25) is 0 Å². The van der Waals surface area contributed by atoms with Crippen molar-refractivity contribution in [2.75, 3.05) is 6.61 Å². The van der Waals surface area contributed by atoms with Gasteiger partial charge in [-0.15, -0.1) is 11.3 Å². The second-order valence-electron chi connectivity index (χ2n) is 4.74. The Hall–Kier alpha value is -2.47. The van der Waals surface area contributed by atoms with Gasteiger partial charge in [-0.2, -0.15) is 0 Å². The Bertz CT molecular complexity index is 760. The number of fused-ring (bicyclic) bond motifs is 1. The number of rotatable bonds is 6. The molecule has 0 fully saturated rings. The number of hydrogen-bond acceptors (Lipinski definition) is 5. The van der Waals surface area contributed by atoms with Gasteiger partial charge in [-0.25, -0.2) is 4.98 Å². The second kappa shape index (κ2) is 6.53. The summed E-state index contributed by atoms with van der Waals surface area (Å²) in [5.74, 6) is -0.627. The molecule has 0 atom stereocenters. The van der Waals surface area contributed by atoms with Gasteiger partial charge in [0, 0.05) is 12.6 Å². The van der Waals surface area contributed by atoms with Gasteiger partial charge in [0.25, 0.3) is 0 Å². The van der Waals surface area contributed by atoms with Crippen molar-refractivity contribution in [3.8, 4) is 0 Å². The lowest BCUT2D eigenvalue weighted by Gasteiger charge is -2.02. The molecule has 3 aromatic rings. The Morgan fingerprint density at radius 2 is 2.05 bits per heavy atom. The van der Waals surface area contributed by atoms with Crippen LogP contribution in [0.5, 0.6) is 0 Å². The molecule has 112 valence electrons. The molecule has 0 aliphatic carbocycles. The third-order valence-electron chi connectivity index (χ3n) is 3.14. The number of H-pyrrole nitrogens is 1. The van der Waals surface area contributed by atoms with Crippen molar-refractivity contribution < 1.29 is 14.3 Å². The molecule has 0 spiro atoms. The van der Waals surface area contributed by atoms with Gasteiger partial charge in [-0.05, 0) is 24.3 Å². The fourth-order valence-corrected chi connectivity index (χ4v) is 3.00. The number of esters is 1. The van der Waals surface area contributed by atoms with E-state index in [4.69, 9.17) is 4.74 Å². The Labute approximate surface area is 131 Å². The summed E-state index contributed by atoms with van der Waals surface area (Å²) >= 11 is 1.57. The van der Waals surface area contributed by atoms with Crippen molar-refractivity contribution in [2.45, 2.75) is 12.8 Å². The Balaban J connectivity index is 1.49. The number of carbonyl (C=O) groups excluding carboxylic acids is 2. The molecule has 0 aliphatic rings. The maximum absolute atomic E-state index is 11.7. The third-order valence-corrected chi connectivity index (χ3v) is 4.24. The zero-order chi connectivity index (χ0) is 15.4. The lowest BCUT2D eigenvalue weighted by atomic mass is 10.3. The van der Waals surface area contributed by atoms with Crippen molar-refractivity contribution in [1.82, 2.24) is 9.97 Å². The summed E-state index contributed by atoms with van der Waals surface area (Å²) in [4.78, 5) is 30.6. The topological polar surface area (TPSA) is 72.0 Å². The number of nitrogens with zero attached hydrogens (tertiary/aromatic N) is 1. The minimum absolute atomic E-state index is 0.220. The Kier molecular flexibility index (Phi) is 4.29. The quantitative estimate of drug-likeness (QED) is 0.561. The summed E-state index contributed by atoms with van der Waals surface area (Å²) in [7, 11) is 0. The molecular weight excluding hydrogens is 300 g/mol. The molecule has 0 saturated carbocycles. The molecule has 6 heteroatoms. The van der Waals surface area contributed by atoms with Crippen LogP contribution in [0.15, 0.2) is 42.6 Å². The summed E-state index contributed by atoms with van der Waals surface area (Å²) in [6, 6.07) is 11.2. The van der Waals surface area contributed by atoms with E-state index in [1.54, 1.807) is 29.7 Å². The van der Waals surface area contributed by atoms with E-state index in [2.05, 4.69) is 9.97 Å². The summed E-state index contributed by atoms with van der Waals surface area (Å²) in [5.41, 5.74) is 1.39. The largest absolute Gasteiger partial charge is 0.457 e. The molecule has 0 unspecified atom stereocenters. The molecule has 1 N–H and O–H groups in total. The fraction of sp³-hybridized carbons (Fsp3) is 0.188. The maximum Gasteiger partial charge on any atom is 0.306 e.